The minimum absolute atomic E-state index is 0. The fourth-order valence-corrected chi connectivity index (χ4v) is 2.99. The van der Waals surface area contributed by atoms with E-state index in [1.165, 1.54) is 0 Å². The number of aromatic nitrogens is 2. The van der Waals surface area contributed by atoms with E-state index >= 15 is 0 Å². The van der Waals surface area contributed by atoms with Crippen LogP contribution in [0.3, 0.4) is 0 Å². The van der Waals surface area contributed by atoms with Gasteiger partial charge in [0.05, 0.1) is 6.04 Å². The van der Waals surface area contributed by atoms with Crippen LogP contribution in [0, 0.1) is 5.92 Å². The Labute approximate surface area is 144 Å². The maximum Gasteiger partial charge on any atom is 0.239 e. The molecule has 0 aliphatic carbocycles. The summed E-state index contributed by atoms with van der Waals surface area (Å²) in [6, 6.07) is 3.88. The molecule has 1 aliphatic heterocycles. The van der Waals surface area contributed by atoms with Crippen LogP contribution in [0.5, 0.6) is 0 Å². The SMILES string of the molecule is CC(C)C[C@H](N)C(=O)N1CCC(N(C)c2cccnn2)CC1.Cl. The van der Waals surface area contributed by atoms with Crippen LogP contribution in [0.25, 0.3) is 0 Å². The fourth-order valence-electron chi connectivity index (χ4n) is 2.99. The van der Waals surface area contributed by atoms with Gasteiger partial charge in [-0.25, -0.2) is 0 Å². The summed E-state index contributed by atoms with van der Waals surface area (Å²) in [5, 5.41) is 8.07. The highest BCUT2D eigenvalue weighted by atomic mass is 35.5. The lowest BCUT2D eigenvalue weighted by Crippen LogP contribution is -2.50. The number of carbonyl (C=O) groups is 1. The summed E-state index contributed by atoms with van der Waals surface area (Å²) in [5.74, 6) is 1.41. The number of anilines is 1. The highest BCUT2D eigenvalue weighted by molar-refractivity contribution is 5.85. The Balaban J connectivity index is 0.00000264. The summed E-state index contributed by atoms with van der Waals surface area (Å²) < 4.78 is 0. The first-order valence-corrected chi connectivity index (χ1v) is 8.04. The van der Waals surface area contributed by atoms with Crippen molar-refractivity contribution in [1.82, 2.24) is 15.1 Å². The Kier molecular flexibility index (Phi) is 7.72. The van der Waals surface area contributed by atoms with Gasteiger partial charge in [0, 0.05) is 32.4 Å². The van der Waals surface area contributed by atoms with Crippen LogP contribution in [0.4, 0.5) is 5.82 Å². The third kappa shape index (κ3) is 5.32. The van der Waals surface area contributed by atoms with Gasteiger partial charge >= 0.3 is 0 Å². The molecule has 7 heteroatoms. The maximum atomic E-state index is 12.3. The van der Waals surface area contributed by atoms with Crippen molar-refractivity contribution in [2.24, 2.45) is 11.7 Å². The third-order valence-electron chi connectivity index (χ3n) is 4.29. The van der Waals surface area contributed by atoms with Crippen molar-refractivity contribution in [3.05, 3.63) is 18.3 Å². The molecule has 0 saturated carbocycles. The molecule has 6 nitrogen and oxygen atoms in total. The number of halogens is 1. The van der Waals surface area contributed by atoms with E-state index in [0.717, 1.165) is 38.2 Å². The van der Waals surface area contributed by atoms with Gasteiger partial charge in [-0.15, -0.1) is 17.5 Å². The molecule has 2 rings (SSSR count). The van der Waals surface area contributed by atoms with Crippen molar-refractivity contribution in [1.29, 1.82) is 0 Å². The van der Waals surface area contributed by atoms with Crippen LogP contribution in [0.1, 0.15) is 33.1 Å². The van der Waals surface area contributed by atoms with Gasteiger partial charge in [0.15, 0.2) is 5.82 Å². The van der Waals surface area contributed by atoms with E-state index in [0.29, 0.717) is 12.0 Å². The second-order valence-electron chi connectivity index (χ2n) is 6.49. The van der Waals surface area contributed by atoms with Crippen molar-refractivity contribution in [3.63, 3.8) is 0 Å². The van der Waals surface area contributed by atoms with Gasteiger partial charge in [-0.1, -0.05) is 13.8 Å². The summed E-state index contributed by atoms with van der Waals surface area (Å²) in [4.78, 5) is 16.4. The summed E-state index contributed by atoms with van der Waals surface area (Å²) in [5.41, 5.74) is 6.01. The normalized spacial score (nSPS) is 16.8. The van der Waals surface area contributed by atoms with E-state index in [4.69, 9.17) is 5.73 Å². The summed E-state index contributed by atoms with van der Waals surface area (Å²) in [6.45, 7) is 5.71. The molecule has 1 amide bonds. The van der Waals surface area contributed by atoms with Crippen LogP contribution in [0.2, 0.25) is 0 Å². The minimum atomic E-state index is -0.366. The Morgan fingerprint density at radius 2 is 2.09 bits per heavy atom. The highest BCUT2D eigenvalue weighted by Gasteiger charge is 2.28. The van der Waals surface area contributed by atoms with Crippen molar-refractivity contribution in [3.8, 4) is 0 Å². The summed E-state index contributed by atoms with van der Waals surface area (Å²) in [6.07, 6.45) is 4.30. The molecular weight excluding hydrogens is 314 g/mol. The number of piperidine rings is 1. The first kappa shape index (κ1) is 19.6. The standard InChI is InChI=1S/C16H27N5O.ClH/c1-12(2)11-14(17)16(22)21-9-6-13(7-10-21)20(3)15-5-4-8-18-19-15;/h4-5,8,12-14H,6-7,9-11,17H2,1-3H3;1H/t14-;/m0./s1. The van der Waals surface area contributed by atoms with Gasteiger partial charge in [0.2, 0.25) is 5.91 Å². The lowest BCUT2D eigenvalue weighted by atomic mass is 10.00. The minimum Gasteiger partial charge on any atom is -0.355 e. The number of nitrogens with two attached hydrogens (primary N) is 1. The zero-order valence-electron chi connectivity index (χ0n) is 14.2. The van der Waals surface area contributed by atoms with Crippen LogP contribution >= 0.6 is 12.4 Å². The molecule has 1 atom stereocenters. The average molecular weight is 342 g/mol. The van der Waals surface area contributed by atoms with E-state index in [9.17, 15) is 4.79 Å². The smallest absolute Gasteiger partial charge is 0.239 e. The Morgan fingerprint density at radius 1 is 1.43 bits per heavy atom. The van der Waals surface area contributed by atoms with Crippen LogP contribution in [0.15, 0.2) is 18.3 Å². The number of hydrogen-bond donors (Lipinski definition) is 1. The zero-order valence-corrected chi connectivity index (χ0v) is 15.0. The molecule has 2 N–H and O–H groups in total. The van der Waals surface area contributed by atoms with E-state index < -0.39 is 0 Å². The van der Waals surface area contributed by atoms with Gasteiger partial charge in [0.25, 0.3) is 0 Å². The van der Waals surface area contributed by atoms with Crippen LogP contribution in [-0.2, 0) is 4.79 Å². The Hall–Kier alpha value is -1.40. The highest BCUT2D eigenvalue weighted by Crippen LogP contribution is 2.20. The molecule has 0 radical (unpaired) electrons. The van der Waals surface area contributed by atoms with Gasteiger partial charge in [0.1, 0.15) is 0 Å². The molecule has 0 unspecified atom stereocenters. The Morgan fingerprint density at radius 3 is 2.61 bits per heavy atom. The van der Waals surface area contributed by atoms with E-state index in [1.807, 2.05) is 24.1 Å². The topological polar surface area (TPSA) is 75.4 Å². The molecule has 1 aromatic heterocycles. The number of hydrogen-bond acceptors (Lipinski definition) is 5. The average Bonchev–Trinajstić information content (AvgIpc) is 2.54. The van der Waals surface area contributed by atoms with Crippen molar-refractivity contribution in [2.75, 3.05) is 25.0 Å². The van der Waals surface area contributed by atoms with Gasteiger partial charge in [-0.2, -0.15) is 5.10 Å². The van der Waals surface area contributed by atoms with E-state index in [1.54, 1.807) is 6.20 Å². The lowest BCUT2D eigenvalue weighted by Gasteiger charge is -2.38. The molecule has 1 fully saturated rings. The second kappa shape index (κ2) is 9.03. The van der Waals surface area contributed by atoms with Gasteiger partial charge in [-0.05, 0) is 37.3 Å². The molecular formula is C16H28ClN5O. The van der Waals surface area contributed by atoms with Crippen LogP contribution < -0.4 is 10.6 Å². The van der Waals surface area contributed by atoms with Gasteiger partial charge in [-0.3, -0.25) is 4.79 Å². The fraction of sp³-hybridized carbons (Fsp3) is 0.688. The number of amides is 1. The van der Waals surface area contributed by atoms with Crippen LogP contribution in [-0.4, -0.2) is 53.2 Å². The maximum absolute atomic E-state index is 12.3. The molecule has 23 heavy (non-hydrogen) atoms. The van der Waals surface area contributed by atoms with E-state index in [2.05, 4.69) is 28.9 Å². The quantitative estimate of drug-likeness (QED) is 0.882. The molecule has 2 heterocycles. The second-order valence-corrected chi connectivity index (χ2v) is 6.49. The largest absolute Gasteiger partial charge is 0.355 e. The third-order valence-corrected chi connectivity index (χ3v) is 4.29. The Bertz CT molecular complexity index is 477. The monoisotopic (exact) mass is 341 g/mol. The predicted molar refractivity (Wildman–Crippen MR) is 94.7 cm³/mol. The van der Waals surface area contributed by atoms with Crippen molar-refractivity contribution in [2.45, 2.75) is 45.2 Å². The molecule has 1 aliphatic rings. The predicted octanol–water partition coefficient (Wildman–Crippen LogP) is 1.70. The number of carbonyl (C=O) groups excluding carboxylic acids is 1. The summed E-state index contributed by atoms with van der Waals surface area (Å²) >= 11 is 0. The molecule has 0 spiro atoms. The zero-order chi connectivity index (χ0) is 16.1. The first-order chi connectivity index (χ1) is 10.5. The van der Waals surface area contributed by atoms with Gasteiger partial charge < -0.3 is 15.5 Å². The summed E-state index contributed by atoms with van der Waals surface area (Å²) in [7, 11) is 2.04. The molecule has 1 aromatic rings. The van der Waals surface area contributed by atoms with E-state index in [-0.39, 0.29) is 24.4 Å². The van der Waals surface area contributed by atoms with Crippen molar-refractivity contribution >= 4 is 24.1 Å². The number of nitrogens with zero attached hydrogens (tertiary/aromatic N) is 4. The molecule has 0 bridgehead atoms. The number of rotatable bonds is 5. The lowest BCUT2D eigenvalue weighted by molar-refractivity contribution is -0.134. The molecule has 0 aromatic carbocycles. The number of likely N-dealkylation sites (tertiary alicyclic amines) is 1. The molecule has 130 valence electrons. The first-order valence-electron chi connectivity index (χ1n) is 8.04. The molecule has 1 saturated heterocycles. The van der Waals surface area contributed by atoms with Crippen molar-refractivity contribution < 1.29 is 4.79 Å².